The van der Waals surface area contributed by atoms with Crippen LogP contribution in [0.25, 0.3) is 11.5 Å². The van der Waals surface area contributed by atoms with Gasteiger partial charge in [-0.3, -0.25) is 4.79 Å². The van der Waals surface area contributed by atoms with Crippen molar-refractivity contribution in [1.29, 1.82) is 0 Å². The molecular formula is C18H25N3O4. The van der Waals surface area contributed by atoms with E-state index in [1.807, 2.05) is 52.0 Å². The number of hydrogen-bond acceptors (Lipinski definition) is 6. The summed E-state index contributed by atoms with van der Waals surface area (Å²) < 4.78 is 17.3. The molecule has 1 heterocycles. The van der Waals surface area contributed by atoms with Gasteiger partial charge in [0.1, 0.15) is 11.4 Å². The van der Waals surface area contributed by atoms with Crippen molar-refractivity contribution >= 4 is 6.41 Å². The summed E-state index contributed by atoms with van der Waals surface area (Å²) in [7, 11) is 0. The van der Waals surface area contributed by atoms with Gasteiger partial charge in [0.15, 0.2) is 0 Å². The molecule has 0 atom stereocenters. The van der Waals surface area contributed by atoms with E-state index in [4.69, 9.17) is 13.9 Å². The lowest BCUT2D eigenvalue weighted by Gasteiger charge is -2.32. The first kappa shape index (κ1) is 18.9. The smallest absolute Gasteiger partial charge is 0.247 e. The molecule has 1 N–H and O–H groups in total. The molecule has 1 amide bonds. The minimum absolute atomic E-state index is 0.380. The molecule has 7 heteroatoms. The number of nitrogens with zero attached hydrogens (tertiary/aromatic N) is 2. The average Bonchev–Trinajstić information content (AvgIpc) is 2.98. The van der Waals surface area contributed by atoms with Crippen LogP contribution in [0.15, 0.2) is 28.7 Å². The minimum Gasteiger partial charge on any atom is -0.485 e. The van der Waals surface area contributed by atoms with Gasteiger partial charge in [-0.15, -0.1) is 10.2 Å². The second kappa shape index (κ2) is 7.65. The van der Waals surface area contributed by atoms with Crippen molar-refractivity contribution in [3.63, 3.8) is 0 Å². The molecule has 25 heavy (non-hydrogen) atoms. The molecule has 136 valence electrons. The molecule has 0 spiro atoms. The molecule has 0 saturated carbocycles. The fraction of sp³-hybridized carbons (Fsp3) is 0.500. The number of aryl methyl sites for hydroxylation is 1. The maximum absolute atomic E-state index is 10.4. The Morgan fingerprint density at radius 1 is 1.12 bits per heavy atom. The van der Waals surface area contributed by atoms with Gasteiger partial charge in [0, 0.05) is 19.0 Å². The minimum atomic E-state index is -0.527. The lowest BCUT2D eigenvalue weighted by Crippen LogP contribution is -2.43. The van der Waals surface area contributed by atoms with Crippen LogP contribution in [0.5, 0.6) is 5.75 Å². The lowest BCUT2D eigenvalue weighted by molar-refractivity contribution is -0.112. The monoisotopic (exact) mass is 347 g/mol. The van der Waals surface area contributed by atoms with Crippen molar-refractivity contribution in [3.8, 4) is 17.2 Å². The van der Waals surface area contributed by atoms with Crippen molar-refractivity contribution in [2.45, 2.75) is 45.8 Å². The zero-order valence-corrected chi connectivity index (χ0v) is 15.3. The maximum Gasteiger partial charge on any atom is 0.247 e. The second-order valence-electron chi connectivity index (χ2n) is 7.06. The van der Waals surface area contributed by atoms with Crippen molar-refractivity contribution in [3.05, 3.63) is 30.2 Å². The Bertz CT molecular complexity index is 693. The van der Waals surface area contributed by atoms with E-state index in [2.05, 4.69) is 15.5 Å². The lowest BCUT2D eigenvalue weighted by atomic mass is 10.1. The van der Waals surface area contributed by atoms with Gasteiger partial charge in [0.05, 0.1) is 12.2 Å². The fourth-order valence-electron chi connectivity index (χ4n) is 2.13. The van der Waals surface area contributed by atoms with Crippen molar-refractivity contribution in [2.75, 3.05) is 13.2 Å². The predicted octanol–water partition coefficient (Wildman–Crippen LogP) is 2.74. The summed E-state index contributed by atoms with van der Waals surface area (Å²) in [5.74, 6) is 1.73. The highest BCUT2D eigenvalue weighted by Gasteiger charge is 2.26. The largest absolute Gasteiger partial charge is 0.485 e. The molecule has 1 aromatic carbocycles. The topological polar surface area (TPSA) is 86.5 Å². The first-order valence-electron chi connectivity index (χ1n) is 8.11. The van der Waals surface area contributed by atoms with Crippen molar-refractivity contribution in [1.82, 2.24) is 15.5 Å². The standard InChI is InChI=1S/C18H25N3O4/c1-13-20-21-16(24-13)14-6-8-15(9-7-14)25-18(4,5)11-23-17(2,3)10-19-12-22/h6-9,12H,10-11H2,1-5H3,(H,19,22). The average molecular weight is 347 g/mol. The Hall–Kier alpha value is -2.41. The van der Waals surface area contributed by atoms with E-state index >= 15 is 0 Å². The van der Waals surface area contributed by atoms with E-state index in [-0.39, 0.29) is 0 Å². The summed E-state index contributed by atoms with van der Waals surface area (Å²) >= 11 is 0. The van der Waals surface area contributed by atoms with Gasteiger partial charge in [-0.1, -0.05) is 0 Å². The van der Waals surface area contributed by atoms with Crippen LogP contribution in [0, 0.1) is 6.92 Å². The summed E-state index contributed by atoms with van der Waals surface area (Å²) in [6.45, 7) is 10.3. The molecule has 0 fully saturated rings. The number of benzene rings is 1. The molecule has 0 aliphatic rings. The SMILES string of the molecule is Cc1nnc(-c2ccc(OC(C)(C)COC(C)(C)CNC=O)cc2)o1. The van der Waals surface area contributed by atoms with Crippen molar-refractivity contribution < 1.29 is 18.7 Å². The number of nitrogens with one attached hydrogen (secondary N) is 1. The van der Waals surface area contributed by atoms with Crippen LogP contribution in [-0.4, -0.2) is 41.0 Å². The number of hydrogen-bond donors (Lipinski definition) is 1. The molecule has 0 radical (unpaired) electrons. The molecule has 1 aromatic heterocycles. The molecule has 0 saturated heterocycles. The molecule has 2 rings (SSSR count). The predicted molar refractivity (Wildman–Crippen MR) is 93.3 cm³/mol. The maximum atomic E-state index is 10.4. The van der Waals surface area contributed by atoms with Crippen LogP contribution in [0.1, 0.15) is 33.6 Å². The van der Waals surface area contributed by atoms with E-state index in [0.717, 1.165) is 11.3 Å². The van der Waals surface area contributed by atoms with E-state index in [9.17, 15) is 4.79 Å². The normalized spacial score (nSPS) is 12.0. The Morgan fingerprint density at radius 2 is 1.80 bits per heavy atom. The van der Waals surface area contributed by atoms with Crippen LogP contribution in [0.2, 0.25) is 0 Å². The first-order valence-corrected chi connectivity index (χ1v) is 8.11. The third kappa shape index (κ3) is 5.86. The highest BCUT2D eigenvalue weighted by atomic mass is 16.6. The molecule has 0 aliphatic carbocycles. The first-order chi connectivity index (χ1) is 11.7. The number of carbonyl (C=O) groups is 1. The summed E-state index contributed by atoms with van der Waals surface area (Å²) in [5.41, 5.74) is -0.162. The van der Waals surface area contributed by atoms with Gasteiger partial charge in [0.25, 0.3) is 0 Å². The second-order valence-corrected chi connectivity index (χ2v) is 7.06. The van der Waals surface area contributed by atoms with Crippen LogP contribution in [-0.2, 0) is 9.53 Å². The molecule has 0 unspecified atom stereocenters. The van der Waals surface area contributed by atoms with Gasteiger partial charge in [0.2, 0.25) is 18.2 Å². The number of rotatable bonds is 9. The highest BCUT2D eigenvalue weighted by Crippen LogP contribution is 2.24. The summed E-state index contributed by atoms with van der Waals surface area (Å²) in [6, 6.07) is 7.46. The Balaban J connectivity index is 1.94. The summed E-state index contributed by atoms with van der Waals surface area (Å²) in [6.07, 6.45) is 0.666. The van der Waals surface area contributed by atoms with E-state index in [1.54, 1.807) is 6.92 Å². The third-order valence-electron chi connectivity index (χ3n) is 3.44. The molecule has 0 aliphatic heterocycles. The van der Waals surface area contributed by atoms with E-state index < -0.39 is 11.2 Å². The van der Waals surface area contributed by atoms with Gasteiger partial charge in [-0.05, 0) is 52.0 Å². The number of amides is 1. The van der Waals surface area contributed by atoms with E-state index in [1.165, 1.54) is 0 Å². The van der Waals surface area contributed by atoms with Gasteiger partial charge in [-0.25, -0.2) is 0 Å². The summed E-state index contributed by atoms with van der Waals surface area (Å²) in [5, 5.41) is 10.4. The van der Waals surface area contributed by atoms with E-state index in [0.29, 0.717) is 31.3 Å². The molecule has 7 nitrogen and oxygen atoms in total. The molecule has 2 aromatic rings. The van der Waals surface area contributed by atoms with Gasteiger partial charge < -0.3 is 19.2 Å². The zero-order valence-electron chi connectivity index (χ0n) is 15.3. The number of carbonyl (C=O) groups excluding carboxylic acids is 1. The quantitative estimate of drug-likeness (QED) is 0.702. The molecule has 0 bridgehead atoms. The zero-order chi connectivity index (χ0) is 18.5. The highest BCUT2D eigenvalue weighted by molar-refractivity contribution is 5.54. The fourth-order valence-corrected chi connectivity index (χ4v) is 2.13. The van der Waals surface area contributed by atoms with Crippen molar-refractivity contribution in [2.24, 2.45) is 0 Å². The van der Waals surface area contributed by atoms with Crippen LogP contribution in [0.3, 0.4) is 0 Å². The Morgan fingerprint density at radius 3 is 2.36 bits per heavy atom. The van der Waals surface area contributed by atoms with Crippen LogP contribution in [0.4, 0.5) is 0 Å². The van der Waals surface area contributed by atoms with Crippen LogP contribution >= 0.6 is 0 Å². The molecular weight excluding hydrogens is 322 g/mol. The number of aromatic nitrogens is 2. The number of ether oxygens (including phenoxy) is 2. The van der Waals surface area contributed by atoms with Gasteiger partial charge in [-0.2, -0.15) is 0 Å². The summed E-state index contributed by atoms with van der Waals surface area (Å²) in [4.78, 5) is 10.4. The van der Waals surface area contributed by atoms with Crippen LogP contribution < -0.4 is 10.1 Å². The Kier molecular flexibility index (Phi) is 5.79. The van der Waals surface area contributed by atoms with Gasteiger partial charge >= 0.3 is 0 Å². The Labute approximate surface area is 147 Å². The third-order valence-corrected chi connectivity index (χ3v) is 3.44.